The van der Waals surface area contributed by atoms with E-state index in [1.54, 1.807) is 0 Å². The Kier molecular flexibility index (Phi) is 40.5. The molecule has 0 aromatic carbocycles. The summed E-state index contributed by atoms with van der Waals surface area (Å²) in [6.07, 6.45) is 0.389. The van der Waals surface area contributed by atoms with Crippen LogP contribution in [-0.4, -0.2) is 13.1 Å². The summed E-state index contributed by atoms with van der Waals surface area (Å²) < 4.78 is 0. The van der Waals surface area contributed by atoms with E-state index in [9.17, 15) is 0 Å². The van der Waals surface area contributed by atoms with Crippen molar-refractivity contribution in [2.45, 2.75) is 13.8 Å². The molecule has 1 amide bonds. The van der Waals surface area contributed by atoms with Crippen LogP contribution in [0.3, 0.4) is 0 Å². The monoisotopic (exact) mass is 91.1 g/mol. The maximum atomic E-state index is 8.94. The molecular weight excluding hydrogens is 78.0 g/mol. The molecule has 38 valence electrons. The normalized spacial score (nSPS) is 4.33. The Morgan fingerprint density at radius 2 is 2.00 bits per heavy atom. The Balaban J connectivity index is -0.0000000480. The van der Waals surface area contributed by atoms with Crippen LogP contribution in [-0.2, 0) is 4.79 Å². The Morgan fingerprint density at radius 3 is 2.00 bits per heavy atom. The van der Waals surface area contributed by atoms with Gasteiger partial charge in [-0.1, -0.05) is 13.8 Å². The third-order valence-corrected chi connectivity index (χ3v) is 0.0745. The van der Waals surface area contributed by atoms with E-state index in [1.165, 1.54) is 0 Å². The van der Waals surface area contributed by atoms with Gasteiger partial charge in [0.2, 0.25) is 6.41 Å². The largest absolute Gasteiger partial charge is 0.276 e. The lowest BCUT2D eigenvalue weighted by Crippen LogP contribution is -1.47. The Hall–Kier alpha value is -0.660. The van der Waals surface area contributed by atoms with Crippen molar-refractivity contribution in [1.82, 2.24) is 0 Å². The second-order valence-electron chi connectivity index (χ2n) is 0.288. The van der Waals surface area contributed by atoms with Crippen molar-refractivity contribution < 1.29 is 6.22 Å². The molecule has 0 radical (unpaired) electrons. The first kappa shape index (κ1) is 9.02. The number of nitrogens with zero attached hydrogens (tertiary/aromatic N) is 1. The second kappa shape index (κ2) is 27.0. The molecule has 0 aliphatic rings. The van der Waals surface area contributed by atoms with Crippen LogP contribution in [0, 0.1) is 0 Å². The van der Waals surface area contributed by atoms with Gasteiger partial charge in [-0.2, -0.15) is 0 Å². The number of hydrogen-bond donors (Lipinski definition) is 0. The maximum Gasteiger partial charge on any atom is 0.232 e. The Labute approximate surface area is 39.4 Å². The first-order valence-electron chi connectivity index (χ1n) is 1.81. The molecule has 0 fully saturated rings. The van der Waals surface area contributed by atoms with Gasteiger partial charge in [0.25, 0.3) is 0 Å². The quantitative estimate of drug-likeness (QED) is 0.351. The smallest absolute Gasteiger partial charge is 0.232 e. The minimum absolute atomic E-state index is 0. The summed E-state index contributed by atoms with van der Waals surface area (Å²) in [5, 5.41) is 0. The van der Waals surface area contributed by atoms with Gasteiger partial charge < -0.3 is 0 Å². The molecule has 0 aromatic heterocycles. The van der Waals surface area contributed by atoms with E-state index in [0.29, 0.717) is 6.41 Å². The molecule has 0 unspecified atom stereocenters. The van der Waals surface area contributed by atoms with Gasteiger partial charge in [-0.25, -0.2) is 4.99 Å². The lowest BCUT2D eigenvalue weighted by Gasteiger charge is -1.41. The van der Waals surface area contributed by atoms with Crippen LogP contribution in [0.2, 0.25) is 0 Å². The molecule has 0 aliphatic heterocycles. The van der Waals surface area contributed by atoms with Crippen molar-refractivity contribution in [3.63, 3.8) is 0 Å². The fourth-order valence-corrected chi connectivity index (χ4v) is 0. The summed E-state index contributed by atoms with van der Waals surface area (Å²) >= 11 is 0. The third-order valence-electron chi connectivity index (χ3n) is 0.0745. The first-order valence-corrected chi connectivity index (χ1v) is 1.81. The Bertz CT molecular complexity index is 32.7. The summed E-state index contributed by atoms with van der Waals surface area (Å²) in [5.41, 5.74) is 0. The van der Waals surface area contributed by atoms with Crippen molar-refractivity contribution in [1.29, 1.82) is 0 Å². The van der Waals surface area contributed by atoms with Gasteiger partial charge in [0.05, 0.1) is 0 Å². The summed E-state index contributed by atoms with van der Waals surface area (Å²) in [4.78, 5) is 11.8. The third kappa shape index (κ3) is 158. The van der Waals surface area contributed by atoms with E-state index in [2.05, 4.69) is 11.7 Å². The van der Waals surface area contributed by atoms with E-state index in [1.807, 2.05) is 13.8 Å². The van der Waals surface area contributed by atoms with Gasteiger partial charge in [0.1, 0.15) is 0 Å². The highest BCUT2D eigenvalue weighted by Gasteiger charge is 1.36. The molecule has 0 aromatic rings. The molecule has 0 atom stereocenters. The lowest BCUT2D eigenvalue weighted by atomic mass is 11.0. The van der Waals surface area contributed by atoms with Crippen LogP contribution in [0.15, 0.2) is 4.99 Å². The average Bonchev–Trinajstić information content (AvgIpc) is 1.72. The summed E-state index contributed by atoms with van der Waals surface area (Å²) in [7, 11) is 0. The average molecular weight is 91.1 g/mol. The van der Waals surface area contributed by atoms with Gasteiger partial charge in [-0.15, -0.1) is 0 Å². The molecule has 0 spiro atoms. The summed E-state index contributed by atoms with van der Waals surface area (Å²) in [5.74, 6) is 0. The molecule has 0 saturated carbocycles. The molecule has 2 heteroatoms. The maximum absolute atomic E-state index is 8.94. The van der Waals surface area contributed by atoms with Crippen LogP contribution < -0.4 is 0 Å². The minimum Gasteiger partial charge on any atom is -0.276 e. The number of rotatable bonds is 1. The van der Waals surface area contributed by atoms with Gasteiger partial charge in [-0.05, 0) is 6.72 Å². The molecule has 6 heavy (non-hydrogen) atoms. The highest BCUT2D eigenvalue weighted by atomic mass is 16.1. The number of carbonyl (C=O) groups is 1. The van der Waals surface area contributed by atoms with Crippen molar-refractivity contribution >= 4 is 13.1 Å². The van der Waals surface area contributed by atoms with E-state index >= 15 is 0 Å². The highest BCUT2D eigenvalue weighted by molar-refractivity contribution is 5.55. The molecule has 0 heterocycles. The SMILES string of the molecule is C=NC=O.CC.[3HH]. The molecule has 0 aliphatic carbocycles. The molecule has 0 N–H and O–H groups in total. The molecule has 0 bridgehead atoms. The first-order chi connectivity index (χ1) is 2.91. The van der Waals surface area contributed by atoms with E-state index in [-0.39, 0.29) is 1.43 Å². The summed E-state index contributed by atoms with van der Waals surface area (Å²) in [6.45, 7) is 6.86. The number of aliphatic imine (C=N–C) groups is 1. The topological polar surface area (TPSA) is 29.4 Å². The fourth-order valence-electron chi connectivity index (χ4n) is 0. The summed E-state index contributed by atoms with van der Waals surface area (Å²) in [6, 6.07) is 0. The van der Waals surface area contributed by atoms with Crippen LogP contribution in [0.1, 0.15) is 15.3 Å². The predicted octanol–water partition coefficient (Wildman–Crippen LogP) is 1.12. The van der Waals surface area contributed by atoms with Crippen molar-refractivity contribution in [2.75, 3.05) is 0 Å². The van der Waals surface area contributed by atoms with E-state index in [4.69, 9.17) is 4.79 Å². The standard InChI is InChI=1S/C2H3NO.C2H6.H2/c1-3-2-4;1-2;/h2H,1H2;1-2H3;1H/i;;1+2. The van der Waals surface area contributed by atoms with Crippen molar-refractivity contribution in [3.8, 4) is 0 Å². The van der Waals surface area contributed by atoms with Gasteiger partial charge in [0.15, 0.2) is 0 Å². The predicted molar refractivity (Wildman–Crippen MR) is 29.1 cm³/mol. The molecule has 2 nitrogen and oxygen atoms in total. The second-order valence-corrected chi connectivity index (χ2v) is 0.288. The van der Waals surface area contributed by atoms with Crippen LogP contribution in [0.25, 0.3) is 0 Å². The minimum atomic E-state index is 0. The zero-order chi connectivity index (χ0) is 5.41. The molecule has 0 rings (SSSR count). The van der Waals surface area contributed by atoms with Crippen molar-refractivity contribution in [2.24, 2.45) is 4.99 Å². The van der Waals surface area contributed by atoms with Gasteiger partial charge in [-0.3, -0.25) is 4.79 Å². The van der Waals surface area contributed by atoms with Gasteiger partial charge in [0, 0.05) is 1.43 Å². The fraction of sp³-hybridized carbons (Fsp3) is 0.500. The van der Waals surface area contributed by atoms with E-state index in [0.717, 1.165) is 0 Å². The Morgan fingerprint density at radius 1 is 1.83 bits per heavy atom. The zero-order valence-corrected chi connectivity index (χ0v) is 4.14. The van der Waals surface area contributed by atoms with Crippen molar-refractivity contribution in [3.05, 3.63) is 0 Å². The van der Waals surface area contributed by atoms with Crippen LogP contribution >= 0.6 is 0 Å². The zero-order valence-electron chi connectivity index (χ0n) is 4.14. The molecule has 0 saturated heterocycles. The number of hydrogen-bond acceptors (Lipinski definition) is 1. The molecular formula is C4H11NO. The number of carbonyl (C=O) groups excluding carboxylic acids is 1. The number of amides is 1. The highest BCUT2D eigenvalue weighted by Crippen LogP contribution is 1.31. The lowest BCUT2D eigenvalue weighted by molar-refractivity contribution is -0.106. The van der Waals surface area contributed by atoms with Gasteiger partial charge >= 0.3 is 0 Å². The van der Waals surface area contributed by atoms with Crippen LogP contribution in [0.5, 0.6) is 0 Å². The van der Waals surface area contributed by atoms with Crippen LogP contribution in [0.4, 0.5) is 0 Å². The van der Waals surface area contributed by atoms with E-state index < -0.39 is 0 Å².